The molecule has 0 saturated carbocycles. The molecule has 1 heterocycles. The third kappa shape index (κ3) is 4.53. The summed E-state index contributed by atoms with van der Waals surface area (Å²) < 4.78 is 16.8. The van der Waals surface area contributed by atoms with E-state index in [4.69, 9.17) is 14.2 Å². The number of likely N-dealkylation sites (tertiary alicyclic amines) is 1. The van der Waals surface area contributed by atoms with Crippen molar-refractivity contribution in [3.63, 3.8) is 0 Å². The van der Waals surface area contributed by atoms with Gasteiger partial charge >= 0.3 is 0 Å². The number of rotatable bonds is 8. The van der Waals surface area contributed by atoms with Gasteiger partial charge in [0.1, 0.15) is 11.5 Å². The fourth-order valence-corrected chi connectivity index (χ4v) is 4.14. The Morgan fingerprint density at radius 3 is 2.39 bits per heavy atom. The van der Waals surface area contributed by atoms with Crippen molar-refractivity contribution in [2.75, 3.05) is 20.8 Å². The minimum Gasteiger partial charge on any atom is -0.507 e. The van der Waals surface area contributed by atoms with Crippen LogP contribution >= 0.6 is 0 Å². The number of carbonyl (C=O) groups is 2. The molecule has 0 aliphatic carbocycles. The highest BCUT2D eigenvalue weighted by Gasteiger charge is 2.47. The molecule has 0 radical (unpaired) electrons. The van der Waals surface area contributed by atoms with Crippen molar-refractivity contribution in [3.8, 4) is 17.2 Å². The number of Topliss-reactive ketones (excluding diaryl/α,β-unsaturated/α-hetero) is 1. The summed E-state index contributed by atoms with van der Waals surface area (Å²) in [7, 11) is 3.03. The van der Waals surface area contributed by atoms with Gasteiger partial charge in [-0.2, -0.15) is 0 Å². The molecule has 1 atom stereocenters. The minimum absolute atomic E-state index is 0.00282. The van der Waals surface area contributed by atoms with Crippen molar-refractivity contribution >= 4 is 17.4 Å². The zero-order valence-corrected chi connectivity index (χ0v) is 20.0. The highest BCUT2D eigenvalue weighted by Crippen LogP contribution is 2.45. The molecule has 7 heteroatoms. The lowest BCUT2D eigenvalue weighted by atomic mass is 9.94. The van der Waals surface area contributed by atoms with Crippen LogP contribution in [0.3, 0.4) is 0 Å². The summed E-state index contributed by atoms with van der Waals surface area (Å²) in [6.45, 7) is 8.02. The Balaban J connectivity index is 2.22. The largest absolute Gasteiger partial charge is 0.507 e. The number of ketones is 1. The molecule has 1 N–H and O–H groups in total. The SMILES string of the molecule is CCCN1C(=O)C(=O)/C(=C(/O)c2ccc(OC(C)C)c(C)c2)C1c1cccc(OC)c1OC. The number of para-hydroxylation sites is 1. The number of aryl methyl sites for hydroxylation is 1. The topological polar surface area (TPSA) is 85.3 Å². The molecule has 1 fully saturated rings. The van der Waals surface area contributed by atoms with Gasteiger partial charge in [-0.05, 0) is 57.0 Å². The van der Waals surface area contributed by atoms with Crippen LogP contribution in [0.25, 0.3) is 5.76 Å². The van der Waals surface area contributed by atoms with E-state index in [1.54, 1.807) is 36.4 Å². The van der Waals surface area contributed by atoms with E-state index < -0.39 is 17.7 Å². The maximum atomic E-state index is 13.1. The molecule has 33 heavy (non-hydrogen) atoms. The standard InChI is InChI=1S/C26H31NO6/c1-7-13-27-22(18-9-8-10-20(31-5)25(18)32-6)21(24(29)26(27)30)23(28)17-11-12-19(16(4)14-17)33-15(2)3/h8-12,14-15,22,28H,7,13H2,1-6H3/b23-21+. The Bertz CT molecular complexity index is 1090. The molecule has 176 valence electrons. The van der Waals surface area contributed by atoms with E-state index in [0.29, 0.717) is 41.3 Å². The van der Waals surface area contributed by atoms with Gasteiger partial charge in [0.15, 0.2) is 11.5 Å². The van der Waals surface area contributed by atoms with Crippen LogP contribution in [0, 0.1) is 6.92 Å². The number of methoxy groups -OCH3 is 2. The average Bonchev–Trinajstić information content (AvgIpc) is 3.04. The molecular formula is C26H31NO6. The number of benzene rings is 2. The second kappa shape index (κ2) is 9.98. The Morgan fingerprint density at radius 2 is 1.82 bits per heavy atom. The highest BCUT2D eigenvalue weighted by molar-refractivity contribution is 6.46. The van der Waals surface area contributed by atoms with E-state index in [-0.39, 0.29) is 17.4 Å². The lowest BCUT2D eigenvalue weighted by Gasteiger charge is -2.26. The van der Waals surface area contributed by atoms with Gasteiger partial charge in [-0.15, -0.1) is 0 Å². The van der Waals surface area contributed by atoms with Gasteiger partial charge in [0, 0.05) is 17.7 Å². The fourth-order valence-electron chi connectivity index (χ4n) is 4.14. The molecule has 7 nitrogen and oxygen atoms in total. The molecule has 1 amide bonds. The third-order valence-electron chi connectivity index (χ3n) is 5.54. The Labute approximate surface area is 194 Å². The van der Waals surface area contributed by atoms with Crippen LogP contribution in [0.5, 0.6) is 17.2 Å². The van der Waals surface area contributed by atoms with Gasteiger partial charge in [-0.1, -0.05) is 19.1 Å². The quantitative estimate of drug-likeness (QED) is 0.356. The van der Waals surface area contributed by atoms with E-state index in [1.165, 1.54) is 19.1 Å². The minimum atomic E-state index is -0.804. The van der Waals surface area contributed by atoms with Crippen LogP contribution in [0.1, 0.15) is 49.9 Å². The second-order valence-corrected chi connectivity index (χ2v) is 8.22. The molecule has 1 unspecified atom stereocenters. The summed E-state index contributed by atoms with van der Waals surface area (Å²) in [5, 5.41) is 11.3. The summed E-state index contributed by atoms with van der Waals surface area (Å²) in [6.07, 6.45) is 0.652. The number of hydrogen-bond donors (Lipinski definition) is 1. The van der Waals surface area contributed by atoms with E-state index in [9.17, 15) is 14.7 Å². The summed E-state index contributed by atoms with van der Waals surface area (Å²) >= 11 is 0. The number of aliphatic hydroxyl groups excluding tert-OH is 1. The van der Waals surface area contributed by atoms with Crippen molar-refractivity contribution in [2.45, 2.75) is 46.3 Å². The second-order valence-electron chi connectivity index (χ2n) is 8.22. The van der Waals surface area contributed by atoms with E-state index in [1.807, 2.05) is 27.7 Å². The first-order chi connectivity index (χ1) is 15.7. The van der Waals surface area contributed by atoms with Crippen LogP contribution < -0.4 is 14.2 Å². The average molecular weight is 454 g/mol. The molecule has 1 saturated heterocycles. The fraction of sp³-hybridized carbons (Fsp3) is 0.385. The number of nitrogens with zero attached hydrogens (tertiary/aromatic N) is 1. The number of ether oxygens (including phenoxy) is 3. The van der Waals surface area contributed by atoms with Crippen LogP contribution in [-0.4, -0.2) is 48.6 Å². The monoisotopic (exact) mass is 453 g/mol. The smallest absolute Gasteiger partial charge is 0.295 e. The molecule has 2 aromatic rings. The number of aliphatic hydroxyl groups is 1. The first-order valence-corrected chi connectivity index (χ1v) is 11.0. The van der Waals surface area contributed by atoms with Gasteiger partial charge in [0.2, 0.25) is 0 Å². The third-order valence-corrected chi connectivity index (χ3v) is 5.54. The number of hydrogen-bond acceptors (Lipinski definition) is 6. The molecule has 2 aromatic carbocycles. The van der Waals surface area contributed by atoms with Crippen LogP contribution in [0.4, 0.5) is 0 Å². The maximum absolute atomic E-state index is 13.1. The van der Waals surface area contributed by atoms with Gasteiger partial charge < -0.3 is 24.2 Å². The van der Waals surface area contributed by atoms with Crippen LogP contribution in [-0.2, 0) is 9.59 Å². The van der Waals surface area contributed by atoms with Crippen molar-refractivity contribution < 1.29 is 28.9 Å². The Hall–Kier alpha value is -3.48. The van der Waals surface area contributed by atoms with Crippen molar-refractivity contribution in [2.24, 2.45) is 0 Å². The summed E-state index contributed by atoms with van der Waals surface area (Å²) in [5.74, 6) is -0.0281. The van der Waals surface area contributed by atoms with Crippen molar-refractivity contribution in [3.05, 3.63) is 58.7 Å². The van der Waals surface area contributed by atoms with Gasteiger partial charge in [0.05, 0.1) is 31.9 Å². The van der Waals surface area contributed by atoms with E-state index in [2.05, 4.69) is 0 Å². The molecule has 0 bridgehead atoms. The number of carbonyl (C=O) groups excluding carboxylic acids is 2. The molecule has 0 aromatic heterocycles. The molecule has 0 spiro atoms. The zero-order valence-electron chi connectivity index (χ0n) is 20.0. The van der Waals surface area contributed by atoms with Crippen LogP contribution in [0.2, 0.25) is 0 Å². The molecule has 1 aliphatic heterocycles. The molecular weight excluding hydrogens is 422 g/mol. The Kier molecular flexibility index (Phi) is 7.31. The predicted octanol–water partition coefficient (Wildman–Crippen LogP) is 4.63. The zero-order chi connectivity index (χ0) is 24.3. The molecule has 1 aliphatic rings. The van der Waals surface area contributed by atoms with Crippen LogP contribution in [0.15, 0.2) is 42.0 Å². The highest BCUT2D eigenvalue weighted by atomic mass is 16.5. The van der Waals surface area contributed by atoms with Gasteiger partial charge in [-0.25, -0.2) is 0 Å². The lowest BCUT2D eigenvalue weighted by Crippen LogP contribution is -2.30. The maximum Gasteiger partial charge on any atom is 0.295 e. The van der Waals surface area contributed by atoms with Crippen molar-refractivity contribution in [1.29, 1.82) is 0 Å². The Morgan fingerprint density at radius 1 is 1.09 bits per heavy atom. The van der Waals surface area contributed by atoms with E-state index >= 15 is 0 Å². The van der Waals surface area contributed by atoms with Crippen molar-refractivity contribution in [1.82, 2.24) is 4.90 Å². The summed E-state index contributed by atoms with van der Waals surface area (Å²) in [6, 6.07) is 9.68. The van der Waals surface area contributed by atoms with Gasteiger partial charge in [-0.3, -0.25) is 9.59 Å². The number of amides is 1. The molecule has 3 rings (SSSR count). The van der Waals surface area contributed by atoms with E-state index in [0.717, 1.165) is 5.56 Å². The first-order valence-electron chi connectivity index (χ1n) is 11.0. The summed E-state index contributed by atoms with van der Waals surface area (Å²) in [4.78, 5) is 27.6. The lowest BCUT2D eigenvalue weighted by molar-refractivity contribution is -0.139. The normalized spacial score (nSPS) is 17.5. The first kappa shape index (κ1) is 24.2. The summed E-state index contributed by atoms with van der Waals surface area (Å²) in [5.41, 5.74) is 1.84. The van der Waals surface area contributed by atoms with Gasteiger partial charge in [0.25, 0.3) is 11.7 Å². The predicted molar refractivity (Wildman–Crippen MR) is 126 cm³/mol.